The third kappa shape index (κ3) is 2.26. The topological polar surface area (TPSA) is 21.3 Å². The van der Waals surface area contributed by atoms with Crippen molar-refractivity contribution in [3.05, 3.63) is 34.3 Å². The highest BCUT2D eigenvalue weighted by Gasteiger charge is 2.68. The molecule has 1 saturated heterocycles. The maximum absolute atomic E-state index is 13.1. The number of ether oxygens (including phenoxy) is 1. The van der Waals surface area contributed by atoms with Gasteiger partial charge >= 0.3 is 6.18 Å². The molecular formula is C15H17ClF3NO. The van der Waals surface area contributed by atoms with E-state index < -0.39 is 11.7 Å². The molecule has 2 nitrogen and oxygen atoms in total. The van der Waals surface area contributed by atoms with E-state index >= 15 is 0 Å². The number of halogens is 4. The Morgan fingerprint density at radius 3 is 2.81 bits per heavy atom. The molecule has 3 rings (SSSR count). The van der Waals surface area contributed by atoms with Gasteiger partial charge in [-0.25, -0.2) is 0 Å². The van der Waals surface area contributed by atoms with Gasteiger partial charge in [0.05, 0.1) is 17.2 Å². The Balaban J connectivity index is 2.01. The minimum atomic E-state index is -4.42. The molecule has 0 radical (unpaired) electrons. The molecule has 0 amide bonds. The van der Waals surface area contributed by atoms with Crippen molar-refractivity contribution < 1.29 is 17.9 Å². The number of alkyl halides is 3. The number of hydrogen-bond donors (Lipinski definition) is 1. The van der Waals surface area contributed by atoms with Crippen molar-refractivity contribution in [2.45, 2.75) is 24.4 Å². The summed E-state index contributed by atoms with van der Waals surface area (Å²) in [5.41, 5.74) is -0.305. The molecule has 0 bridgehead atoms. The number of fused-ring (bicyclic) bond motifs is 1. The van der Waals surface area contributed by atoms with Crippen molar-refractivity contribution in [1.82, 2.24) is 5.32 Å². The van der Waals surface area contributed by atoms with E-state index in [2.05, 4.69) is 5.32 Å². The van der Waals surface area contributed by atoms with Gasteiger partial charge in [0.25, 0.3) is 0 Å². The molecule has 0 aromatic heterocycles. The van der Waals surface area contributed by atoms with Gasteiger partial charge in [0, 0.05) is 24.5 Å². The molecule has 1 aromatic carbocycles. The number of benzene rings is 1. The lowest BCUT2D eigenvalue weighted by Gasteiger charge is -2.31. The number of methoxy groups -OCH3 is 1. The summed E-state index contributed by atoms with van der Waals surface area (Å²) in [5, 5.41) is 3.08. The summed E-state index contributed by atoms with van der Waals surface area (Å²) in [6.07, 6.45) is -2.73. The standard InChI is InChI=1S/C15H17ClF3NO/c1-21-9-13-7-14(13,4-5-20-8-13)10-2-3-12(16)11(6-10)15(17,18)19/h2-3,6,20H,4-5,7-9H2,1H3/t13-,14-/m1/s1. The van der Waals surface area contributed by atoms with Gasteiger partial charge in [-0.2, -0.15) is 13.2 Å². The van der Waals surface area contributed by atoms with Gasteiger partial charge in [-0.15, -0.1) is 0 Å². The summed E-state index contributed by atoms with van der Waals surface area (Å²) in [4.78, 5) is 0. The first-order chi connectivity index (χ1) is 9.85. The fraction of sp³-hybridized carbons (Fsp3) is 0.600. The second-order valence-electron chi connectivity index (χ2n) is 6.09. The summed E-state index contributed by atoms with van der Waals surface area (Å²) in [6.45, 7) is 2.16. The van der Waals surface area contributed by atoms with E-state index in [4.69, 9.17) is 16.3 Å². The minimum absolute atomic E-state index is 0.0866. The second-order valence-corrected chi connectivity index (χ2v) is 6.50. The van der Waals surface area contributed by atoms with Crippen molar-refractivity contribution in [1.29, 1.82) is 0 Å². The van der Waals surface area contributed by atoms with E-state index in [1.165, 1.54) is 12.1 Å². The number of piperidine rings is 1. The van der Waals surface area contributed by atoms with E-state index in [-0.39, 0.29) is 15.9 Å². The smallest absolute Gasteiger partial charge is 0.384 e. The molecule has 2 aliphatic rings. The Hall–Kier alpha value is -0.780. The SMILES string of the molecule is COC[C@@]12CNCC[C@]1(c1ccc(Cl)c(C(F)(F)F)c1)C2. The summed E-state index contributed by atoms with van der Waals surface area (Å²) < 4.78 is 44.5. The predicted octanol–water partition coefficient (Wildman–Crippen LogP) is 3.63. The van der Waals surface area contributed by atoms with E-state index in [9.17, 15) is 13.2 Å². The highest BCUT2D eigenvalue weighted by molar-refractivity contribution is 6.31. The molecule has 1 aliphatic carbocycles. The van der Waals surface area contributed by atoms with E-state index in [1.807, 2.05) is 0 Å². The molecule has 2 atom stereocenters. The molecule has 21 heavy (non-hydrogen) atoms. The molecule has 0 unspecified atom stereocenters. The van der Waals surface area contributed by atoms with E-state index in [0.717, 1.165) is 31.5 Å². The number of nitrogens with one attached hydrogen (secondary N) is 1. The lowest BCUT2D eigenvalue weighted by molar-refractivity contribution is -0.137. The highest BCUT2D eigenvalue weighted by atomic mass is 35.5. The molecule has 1 aromatic rings. The Morgan fingerprint density at radius 1 is 1.38 bits per heavy atom. The van der Waals surface area contributed by atoms with Gasteiger partial charge in [-0.05, 0) is 37.1 Å². The van der Waals surface area contributed by atoms with Crippen LogP contribution in [0.15, 0.2) is 18.2 Å². The van der Waals surface area contributed by atoms with Gasteiger partial charge in [-0.1, -0.05) is 17.7 Å². The number of hydrogen-bond acceptors (Lipinski definition) is 2. The van der Waals surface area contributed by atoms with Crippen LogP contribution in [0.2, 0.25) is 5.02 Å². The van der Waals surface area contributed by atoms with Gasteiger partial charge in [-0.3, -0.25) is 0 Å². The fourth-order valence-corrected chi connectivity index (χ4v) is 4.08. The zero-order chi connectivity index (χ0) is 15.3. The molecule has 6 heteroatoms. The second kappa shape index (κ2) is 4.86. The van der Waals surface area contributed by atoms with Crippen molar-refractivity contribution in [2.75, 3.05) is 26.8 Å². The quantitative estimate of drug-likeness (QED) is 0.918. The van der Waals surface area contributed by atoms with Crippen LogP contribution in [0.5, 0.6) is 0 Å². The zero-order valence-electron chi connectivity index (χ0n) is 11.7. The van der Waals surface area contributed by atoms with Gasteiger partial charge in [0.15, 0.2) is 0 Å². The van der Waals surface area contributed by atoms with Crippen LogP contribution in [0, 0.1) is 5.41 Å². The van der Waals surface area contributed by atoms with Crippen LogP contribution < -0.4 is 5.32 Å². The molecule has 0 spiro atoms. The zero-order valence-corrected chi connectivity index (χ0v) is 12.4. The van der Waals surface area contributed by atoms with Gasteiger partial charge in [0.2, 0.25) is 0 Å². The van der Waals surface area contributed by atoms with Crippen molar-refractivity contribution in [3.63, 3.8) is 0 Å². The average molecular weight is 320 g/mol. The Kier molecular flexibility index (Phi) is 3.50. The van der Waals surface area contributed by atoms with Crippen LogP contribution in [0.25, 0.3) is 0 Å². The normalized spacial score (nSPS) is 31.9. The minimum Gasteiger partial charge on any atom is -0.384 e. The molecule has 116 valence electrons. The lowest BCUT2D eigenvalue weighted by atomic mass is 9.81. The van der Waals surface area contributed by atoms with Crippen molar-refractivity contribution in [2.24, 2.45) is 5.41 Å². The first kappa shape index (κ1) is 15.1. The fourth-order valence-electron chi connectivity index (χ4n) is 3.86. The van der Waals surface area contributed by atoms with Gasteiger partial charge in [0.1, 0.15) is 0 Å². The van der Waals surface area contributed by atoms with Crippen LogP contribution in [-0.4, -0.2) is 26.8 Å². The third-order valence-electron chi connectivity index (χ3n) is 4.97. The summed E-state index contributed by atoms with van der Waals surface area (Å²) in [7, 11) is 1.63. The maximum atomic E-state index is 13.1. The molecule has 1 heterocycles. The van der Waals surface area contributed by atoms with Crippen LogP contribution in [-0.2, 0) is 16.3 Å². The average Bonchev–Trinajstić information content (AvgIpc) is 3.08. The summed E-state index contributed by atoms with van der Waals surface area (Å²) >= 11 is 5.72. The molecule has 1 saturated carbocycles. The van der Waals surface area contributed by atoms with Gasteiger partial charge < -0.3 is 10.1 Å². The first-order valence-electron chi connectivity index (χ1n) is 6.92. The molecule has 1 N–H and O–H groups in total. The molecular weight excluding hydrogens is 303 g/mol. The van der Waals surface area contributed by atoms with Crippen LogP contribution in [0.4, 0.5) is 13.2 Å². The van der Waals surface area contributed by atoms with Crippen LogP contribution in [0.1, 0.15) is 24.0 Å². The maximum Gasteiger partial charge on any atom is 0.417 e. The Labute approximate surface area is 126 Å². The Morgan fingerprint density at radius 2 is 2.14 bits per heavy atom. The van der Waals surface area contributed by atoms with Crippen molar-refractivity contribution in [3.8, 4) is 0 Å². The highest BCUT2D eigenvalue weighted by Crippen LogP contribution is 2.68. The number of rotatable bonds is 3. The third-order valence-corrected chi connectivity index (χ3v) is 5.30. The largest absolute Gasteiger partial charge is 0.417 e. The molecule has 2 fully saturated rings. The van der Waals surface area contributed by atoms with Crippen molar-refractivity contribution >= 4 is 11.6 Å². The summed E-state index contributed by atoms with van der Waals surface area (Å²) in [6, 6.07) is 4.33. The van der Waals surface area contributed by atoms with E-state index in [0.29, 0.717) is 6.61 Å². The Bertz CT molecular complexity index is 558. The molecule has 1 aliphatic heterocycles. The summed E-state index contributed by atoms with van der Waals surface area (Å²) in [5.74, 6) is 0. The van der Waals surface area contributed by atoms with Crippen LogP contribution >= 0.6 is 11.6 Å². The monoisotopic (exact) mass is 319 g/mol. The predicted molar refractivity (Wildman–Crippen MR) is 74.5 cm³/mol. The van der Waals surface area contributed by atoms with E-state index in [1.54, 1.807) is 13.2 Å². The van der Waals surface area contributed by atoms with Crippen LogP contribution in [0.3, 0.4) is 0 Å². The lowest BCUT2D eigenvalue weighted by Crippen LogP contribution is -2.40. The first-order valence-corrected chi connectivity index (χ1v) is 7.29.